The summed E-state index contributed by atoms with van der Waals surface area (Å²) in [5, 5.41) is 19.1. The Kier molecular flexibility index (Phi) is 5.00. The van der Waals surface area contributed by atoms with E-state index < -0.39 is 5.97 Å². The molecule has 0 spiro atoms. The van der Waals surface area contributed by atoms with Crippen molar-refractivity contribution in [3.05, 3.63) is 33.8 Å². The van der Waals surface area contributed by atoms with Crippen molar-refractivity contribution in [3.8, 4) is 34.2 Å². The molecular formula is C17H14N2O3S. The molecular weight excluding hydrogens is 312 g/mol. The van der Waals surface area contributed by atoms with Crippen molar-refractivity contribution in [1.82, 2.24) is 4.98 Å². The number of nitrogens with zero attached hydrogens (tertiary/aromatic N) is 2. The number of nitriles is 1. The number of thiazole rings is 1. The lowest BCUT2D eigenvalue weighted by Gasteiger charge is -2.09. The maximum Gasteiger partial charge on any atom is 0.347 e. The van der Waals surface area contributed by atoms with Gasteiger partial charge < -0.3 is 9.84 Å². The lowest BCUT2D eigenvalue weighted by Crippen LogP contribution is -1.98. The van der Waals surface area contributed by atoms with Crippen molar-refractivity contribution >= 4 is 17.3 Å². The van der Waals surface area contributed by atoms with Gasteiger partial charge in [-0.1, -0.05) is 5.92 Å². The highest BCUT2D eigenvalue weighted by molar-refractivity contribution is 7.17. The van der Waals surface area contributed by atoms with Gasteiger partial charge >= 0.3 is 5.97 Å². The number of carbonyl (C=O) groups is 1. The summed E-state index contributed by atoms with van der Waals surface area (Å²) in [4.78, 5) is 15.7. The molecule has 0 radical (unpaired) electrons. The summed E-state index contributed by atoms with van der Waals surface area (Å²) in [5.41, 5.74) is 2.01. The van der Waals surface area contributed by atoms with Gasteiger partial charge in [0.25, 0.3) is 0 Å². The van der Waals surface area contributed by atoms with Crippen LogP contribution in [-0.4, -0.2) is 22.7 Å². The van der Waals surface area contributed by atoms with Gasteiger partial charge in [-0.25, -0.2) is 9.78 Å². The summed E-state index contributed by atoms with van der Waals surface area (Å²) in [6.07, 6.45) is 0. The van der Waals surface area contributed by atoms with Crippen LogP contribution >= 0.6 is 11.3 Å². The minimum Gasteiger partial charge on any atom is -0.493 e. The second kappa shape index (κ2) is 6.95. The molecule has 0 aliphatic carbocycles. The van der Waals surface area contributed by atoms with Gasteiger partial charge in [-0.3, -0.25) is 0 Å². The Morgan fingerprint density at radius 3 is 2.74 bits per heavy atom. The number of hydrogen-bond acceptors (Lipinski definition) is 5. The van der Waals surface area contributed by atoms with Gasteiger partial charge in [-0.05, 0) is 32.9 Å². The van der Waals surface area contributed by atoms with E-state index in [1.165, 1.54) is 0 Å². The van der Waals surface area contributed by atoms with E-state index in [1.54, 1.807) is 26.0 Å². The van der Waals surface area contributed by atoms with Crippen LogP contribution in [0.2, 0.25) is 0 Å². The minimum absolute atomic E-state index is 0.189. The second-order valence-corrected chi connectivity index (χ2v) is 5.55. The Hall–Kier alpha value is -2.83. The molecule has 0 amide bonds. The number of hydrogen-bond donors (Lipinski definition) is 1. The van der Waals surface area contributed by atoms with Gasteiger partial charge in [-0.2, -0.15) is 5.26 Å². The molecule has 0 saturated carbocycles. The van der Waals surface area contributed by atoms with E-state index in [2.05, 4.69) is 22.9 Å². The van der Waals surface area contributed by atoms with Crippen LogP contribution in [0.1, 0.15) is 40.3 Å². The zero-order valence-corrected chi connectivity index (χ0v) is 13.7. The van der Waals surface area contributed by atoms with Crippen LogP contribution in [0.4, 0.5) is 0 Å². The third-order valence-electron chi connectivity index (χ3n) is 3.01. The van der Waals surface area contributed by atoms with Crippen molar-refractivity contribution in [1.29, 1.82) is 5.26 Å². The number of ether oxygens (including phenoxy) is 1. The van der Waals surface area contributed by atoms with Crippen molar-refractivity contribution in [2.45, 2.75) is 20.8 Å². The predicted octanol–water partition coefficient (Wildman–Crippen LogP) is 3.46. The second-order valence-electron chi connectivity index (χ2n) is 4.56. The fourth-order valence-electron chi connectivity index (χ4n) is 2.07. The van der Waals surface area contributed by atoms with Crippen LogP contribution < -0.4 is 4.74 Å². The maximum atomic E-state index is 11.2. The quantitative estimate of drug-likeness (QED) is 0.870. The molecule has 0 aliphatic heterocycles. The first kappa shape index (κ1) is 16.5. The van der Waals surface area contributed by atoms with E-state index in [0.29, 0.717) is 39.7 Å². The van der Waals surface area contributed by atoms with Crippen molar-refractivity contribution in [2.24, 2.45) is 0 Å². The number of aromatic carboxylic acids is 1. The van der Waals surface area contributed by atoms with Crippen LogP contribution in [0.15, 0.2) is 12.1 Å². The Balaban J connectivity index is 2.66. The highest BCUT2D eigenvalue weighted by Crippen LogP contribution is 2.33. The zero-order valence-electron chi connectivity index (χ0n) is 12.9. The molecule has 0 fully saturated rings. The molecule has 1 N–H and O–H groups in total. The number of aromatic nitrogens is 1. The number of rotatable bonds is 4. The number of aryl methyl sites for hydroxylation is 1. The van der Waals surface area contributed by atoms with Gasteiger partial charge in [0, 0.05) is 5.56 Å². The molecule has 1 aromatic carbocycles. The summed E-state index contributed by atoms with van der Waals surface area (Å²) in [6, 6.07) is 5.51. The van der Waals surface area contributed by atoms with Crippen molar-refractivity contribution < 1.29 is 14.6 Å². The van der Waals surface area contributed by atoms with Crippen LogP contribution in [0.3, 0.4) is 0 Å². The molecule has 1 heterocycles. The van der Waals surface area contributed by atoms with Crippen LogP contribution in [0, 0.1) is 30.1 Å². The Labute approximate surface area is 138 Å². The summed E-state index contributed by atoms with van der Waals surface area (Å²) in [5.74, 6) is 5.15. The fraction of sp³-hybridized carbons (Fsp3) is 0.235. The molecule has 116 valence electrons. The highest BCUT2D eigenvalue weighted by atomic mass is 32.1. The molecule has 1 aromatic heterocycles. The molecule has 0 bridgehead atoms. The molecule has 0 saturated heterocycles. The largest absolute Gasteiger partial charge is 0.493 e. The van der Waals surface area contributed by atoms with E-state index in [9.17, 15) is 10.1 Å². The predicted molar refractivity (Wildman–Crippen MR) is 87.7 cm³/mol. The standard InChI is InChI=1S/C17H14N2O3S/c1-4-6-13-12(9-18)7-11(8-14(13)22-5-2)16-19-10(3)15(23-16)17(20)21/h7-8H,5H2,1-3H3,(H,20,21). The molecule has 0 atom stereocenters. The number of carboxylic acid groups (broad SMARTS) is 1. The first-order valence-electron chi connectivity index (χ1n) is 6.86. The summed E-state index contributed by atoms with van der Waals surface area (Å²) < 4.78 is 5.59. The molecule has 6 heteroatoms. The van der Waals surface area contributed by atoms with Gasteiger partial charge in [0.05, 0.1) is 23.4 Å². The number of carboxylic acids is 1. The Morgan fingerprint density at radius 1 is 1.48 bits per heavy atom. The molecule has 2 aromatic rings. The topological polar surface area (TPSA) is 83.2 Å². The normalized spacial score (nSPS) is 9.65. The monoisotopic (exact) mass is 326 g/mol. The lowest BCUT2D eigenvalue weighted by atomic mass is 10.0. The third kappa shape index (κ3) is 3.33. The first-order valence-corrected chi connectivity index (χ1v) is 7.68. The lowest BCUT2D eigenvalue weighted by molar-refractivity contribution is 0.0701. The Bertz CT molecular complexity index is 866. The number of benzene rings is 1. The van der Waals surface area contributed by atoms with Crippen LogP contribution in [0.25, 0.3) is 10.6 Å². The first-order chi connectivity index (χ1) is 11.0. The average Bonchev–Trinajstić information content (AvgIpc) is 2.91. The van der Waals surface area contributed by atoms with Crippen molar-refractivity contribution in [3.63, 3.8) is 0 Å². The van der Waals surface area contributed by atoms with Gasteiger partial charge in [0.1, 0.15) is 21.7 Å². The van der Waals surface area contributed by atoms with E-state index in [0.717, 1.165) is 11.3 Å². The minimum atomic E-state index is -1.01. The summed E-state index contributed by atoms with van der Waals surface area (Å²) in [7, 11) is 0. The van der Waals surface area contributed by atoms with E-state index in [-0.39, 0.29) is 4.88 Å². The molecule has 23 heavy (non-hydrogen) atoms. The molecule has 5 nitrogen and oxygen atoms in total. The zero-order chi connectivity index (χ0) is 17.0. The summed E-state index contributed by atoms with van der Waals surface area (Å²) in [6.45, 7) is 5.62. The maximum absolute atomic E-state index is 11.2. The Morgan fingerprint density at radius 2 is 2.22 bits per heavy atom. The van der Waals surface area contributed by atoms with Gasteiger partial charge in [0.15, 0.2) is 0 Å². The SMILES string of the molecule is CC#Cc1c(C#N)cc(-c2nc(C)c(C(=O)O)s2)cc1OCC. The fourth-order valence-corrected chi connectivity index (χ4v) is 2.96. The van der Waals surface area contributed by atoms with E-state index in [4.69, 9.17) is 9.84 Å². The average molecular weight is 326 g/mol. The molecule has 2 rings (SSSR count). The smallest absolute Gasteiger partial charge is 0.347 e. The van der Waals surface area contributed by atoms with Crippen LogP contribution in [0.5, 0.6) is 5.75 Å². The third-order valence-corrected chi connectivity index (χ3v) is 4.20. The van der Waals surface area contributed by atoms with E-state index >= 15 is 0 Å². The highest BCUT2D eigenvalue weighted by Gasteiger charge is 2.18. The van der Waals surface area contributed by atoms with Crippen LogP contribution in [-0.2, 0) is 0 Å². The molecule has 0 unspecified atom stereocenters. The van der Waals surface area contributed by atoms with E-state index in [1.807, 2.05) is 6.92 Å². The van der Waals surface area contributed by atoms with Crippen molar-refractivity contribution in [2.75, 3.05) is 6.61 Å². The van der Waals surface area contributed by atoms with Gasteiger partial charge in [0.2, 0.25) is 0 Å². The molecule has 0 aliphatic rings. The van der Waals surface area contributed by atoms with Gasteiger partial charge in [-0.15, -0.1) is 17.3 Å². The summed E-state index contributed by atoms with van der Waals surface area (Å²) >= 11 is 1.07.